The number of amides is 1. The van der Waals surface area contributed by atoms with Gasteiger partial charge in [-0.3, -0.25) is 14.4 Å². The minimum Gasteiger partial charge on any atom is -0.480 e. The van der Waals surface area contributed by atoms with E-state index >= 15 is 0 Å². The minimum absolute atomic E-state index is 0.297. The van der Waals surface area contributed by atoms with Crippen molar-refractivity contribution >= 4 is 23.8 Å². The molecule has 158 valence electrons. The maximum Gasteiger partial charge on any atom is 0.330 e. The predicted octanol–water partition coefficient (Wildman–Crippen LogP) is -1.99. The molecule has 2 atom stereocenters. The number of nitrogens with two attached hydrogens (primary N) is 3. The second-order valence-electron chi connectivity index (χ2n) is 5.80. The molecule has 0 saturated heterocycles. The monoisotopic (exact) mass is 400 g/mol. The second-order valence-corrected chi connectivity index (χ2v) is 5.80. The Morgan fingerprint density at radius 1 is 1.25 bits per heavy atom. The zero-order chi connectivity index (χ0) is 21.5. The Bertz CT molecular complexity index is 621. The maximum atomic E-state index is 11.2. The number of carboxylic acid groups (broad SMARTS) is 1. The first-order chi connectivity index (χ1) is 13.2. The van der Waals surface area contributed by atoms with Crippen LogP contribution in [0.15, 0.2) is 12.5 Å². The van der Waals surface area contributed by atoms with Gasteiger partial charge < -0.3 is 37.3 Å². The zero-order valence-electron chi connectivity index (χ0n) is 15.7. The summed E-state index contributed by atoms with van der Waals surface area (Å²) >= 11 is 0. The topological polar surface area (TPSA) is 217 Å². The van der Waals surface area contributed by atoms with Crippen molar-refractivity contribution in [2.75, 3.05) is 13.1 Å². The van der Waals surface area contributed by atoms with Crippen LogP contribution in [-0.4, -0.2) is 64.1 Å². The highest BCUT2D eigenvalue weighted by Crippen LogP contribution is 2.00. The molecule has 0 aliphatic rings. The molecule has 12 nitrogen and oxygen atoms in total. The van der Waals surface area contributed by atoms with Gasteiger partial charge in [-0.05, 0) is 19.4 Å². The molecule has 0 aliphatic carbocycles. The third kappa shape index (κ3) is 12.5. The van der Waals surface area contributed by atoms with Crippen LogP contribution in [0.4, 0.5) is 0 Å². The SMILES string of the molecule is CC(=O)OC(=O)[C@@H](N)CCCCN.N[C@@H](Cc1cnc[nH]1)C(=O)NCC(=O)O. The fraction of sp³-hybridized carbons (Fsp3) is 0.562. The number of H-pyrrole nitrogens is 1. The highest BCUT2D eigenvalue weighted by molar-refractivity contribution is 5.87. The summed E-state index contributed by atoms with van der Waals surface area (Å²) in [7, 11) is 0. The van der Waals surface area contributed by atoms with Gasteiger partial charge in [-0.2, -0.15) is 0 Å². The standard InChI is InChI=1S/C8H12N4O3.C8H16N2O3/c9-6(1-5-2-10-4-12-5)8(15)11-3-7(13)14;1-6(11)13-8(12)7(10)4-2-3-5-9/h2,4,6H,1,3,9H2,(H,10,12)(H,11,15)(H,13,14);7H,2-5,9-10H2,1H3/t6-;7-/m00/s1. The number of ether oxygens (including phenoxy) is 1. The van der Waals surface area contributed by atoms with Gasteiger partial charge in [0.05, 0.1) is 12.4 Å². The number of nitrogens with one attached hydrogen (secondary N) is 2. The third-order valence-corrected chi connectivity index (χ3v) is 3.26. The molecule has 0 radical (unpaired) electrons. The summed E-state index contributed by atoms with van der Waals surface area (Å²) in [4.78, 5) is 49.3. The van der Waals surface area contributed by atoms with Gasteiger partial charge in [0.25, 0.3) is 0 Å². The normalized spacial score (nSPS) is 12.1. The number of aromatic nitrogens is 2. The van der Waals surface area contributed by atoms with Crippen LogP contribution < -0.4 is 22.5 Å². The van der Waals surface area contributed by atoms with Crippen molar-refractivity contribution in [2.45, 2.75) is 44.7 Å². The van der Waals surface area contributed by atoms with Crippen molar-refractivity contribution in [3.05, 3.63) is 18.2 Å². The molecule has 0 spiro atoms. The molecule has 0 aliphatic heterocycles. The van der Waals surface area contributed by atoms with Crippen LogP contribution in [0.5, 0.6) is 0 Å². The number of rotatable bonds is 10. The third-order valence-electron chi connectivity index (χ3n) is 3.26. The number of nitrogens with zero attached hydrogens (tertiary/aromatic N) is 1. The van der Waals surface area contributed by atoms with Gasteiger partial charge in [0.2, 0.25) is 5.91 Å². The van der Waals surface area contributed by atoms with Crippen LogP contribution in [0.2, 0.25) is 0 Å². The van der Waals surface area contributed by atoms with Crippen LogP contribution in [-0.2, 0) is 30.3 Å². The summed E-state index contributed by atoms with van der Waals surface area (Å²) in [5, 5.41) is 10.5. The van der Waals surface area contributed by atoms with Gasteiger partial charge in [0, 0.05) is 25.2 Å². The average molecular weight is 400 g/mol. The van der Waals surface area contributed by atoms with Crippen LogP contribution in [0, 0.1) is 0 Å². The highest BCUT2D eigenvalue weighted by Gasteiger charge is 2.16. The lowest BCUT2D eigenvalue weighted by molar-refractivity contribution is -0.159. The summed E-state index contributed by atoms with van der Waals surface area (Å²) in [6.07, 6.45) is 5.43. The average Bonchev–Trinajstić information content (AvgIpc) is 3.12. The van der Waals surface area contributed by atoms with Crippen LogP contribution in [0.25, 0.3) is 0 Å². The fourth-order valence-corrected chi connectivity index (χ4v) is 1.86. The summed E-state index contributed by atoms with van der Waals surface area (Å²) in [6.45, 7) is 1.33. The predicted molar refractivity (Wildman–Crippen MR) is 98.6 cm³/mol. The van der Waals surface area contributed by atoms with Crippen molar-refractivity contribution in [1.82, 2.24) is 15.3 Å². The van der Waals surface area contributed by atoms with Gasteiger partial charge in [-0.15, -0.1) is 0 Å². The Morgan fingerprint density at radius 3 is 2.43 bits per heavy atom. The van der Waals surface area contributed by atoms with E-state index in [1.807, 2.05) is 0 Å². The number of aromatic amines is 1. The smallest absolute Gasteiger partial charge is 0.330 e. The maximum absolute atomic E-state index is 11.2. The van der Waals surface area contributed by atoms with E-state index in [9.17, 15) is 19.2 Å². The molecule has 1 heterocycles. The number of esters is 2. The molecule has 1 amide bonds. The van der Waals surface area contributed by atoms with E-state index in [0.29, 0.717) is 19.4 Å². The molecule has 1 rings (SSSR count). The molecule has 1 aromatic heterocycles. The van der Waals surface area contributed by atoms with E-state index in [2.05, 4.69) is 20.0 Å². The first-order valence-electron chi connectivity index (χ1n) is 8.57. The summed E-state index contributed by atoms with van der Waals surface area (Å²) in [6, 6.07) is -1.49. The number of hydrogen-bond donors (Lipinski definition) is 6. The number of hydrogen-bond acceptors (Lipinski definition) is 9. The number of carbonyl (C=O) groups is 4. The molecule has 0 fully saturated rings. The van der Waals surface area contributed by atoms with E-state index in [1.165, 1.54) is 13.3 Å². The van der Waals surface area contributed by atoms with Gasteiger partial charge in [0.15, 0.2) is 0 Å². The Morgan fingerprint density at radius 2 is 1.93 bits per heavy atom. The Kier molecular flexibility index (Phi) is 12.8. The molecular formula is C16H28N6O6. The first kappa shape index (κ1) is 25.2. The van der Waals surface area contributed by atoms with E-state index < -0.39 is 42.4 Å². The van der Waals surface area contributed by atoms with Crippen molar-refractivity contribution in [1.29, 1.82) is 0 Å². The zero-order valence-corrected chi connectivity index (χ0v) is 15.7. The Labute approximate surface area is 162 Å². The Hall–Kier alpha value is -2.83. The number of carbonyl (C=O) groups excluding carboxylic acids is 3. The molecule has 0 saturated carbocycles. The van der Waals surface area contributed by atoms with Crippen molar-refractivity contribution in [2.24, 2.45) is 17.2 Å². The van der Waals surface area contributed by atoms with Gasteiger partial charge in [-0.25, -0.2) is 9.78 Å². The summed E-state index contributed by atoms with van der Waals surface area (Å²) in [5.74, 6) is -2.88. The van der Waals surface area contributed by atoms with Crippen molar-refractivity contribution in [3.63, 3.8) is 0 Å². The van der Waals surface area contributed by atoms with Gasteiger partial charge >= 0.3 is 17.9 Å². The minimum atomic E-state index is -1.10. The fourth-order valence-electron chi connectivity index (χ4n) is 1.86. The van der Waals surface area contributed by atoms with Crippen molar-refractivity contribution < 1.29 is 29.0 Å². The molecule has 12 heteroatoms. The lowest BCUT2D eigenvalue weighted by Gasteiger charge is -2.09. The highest BCUT2D eigenvalue weighted by atomic mass is 16.6. The second kappa shape index (κ2) is 14.3. The number of unbranched alkanes of at least 4 members (excludes halogenated alkanes) is 1. The van der Waals surface area contributed by atoms with Crippen LogP contribution in [0.3, 0.4) is 0 Å². The Balaban J connectivity index is 0.000000528. The number of carboxylic acids is 1. The van der Waals surface area contributed by atoms with E-state index in [1.54, 1.807) is 6.20 Å². The summed E-state index contributed by atoms with van der Waals surface area (Å²) < 4.78 is 4.31. The molecule has 9 N–H and O–H groups in total. The van der Waals surface area contributed by atoms with Gasteiger partial charge in [0.1, 0.15) is 12.6 Å². The van der Waals surface area contributed by atoms with Crippen LogP contribution >= 0.6 is 0 Å². The van der Waals surface area contributed by atoms with Crippen LogP contribution in [0.1, 0.15) is 31.9 Å². The first-order valence-corrected chi connectivity index (χ1v) is 8.57. The largest absolute Gasteiger partial charge is 0.480 e. The number of aliphatic carboxylic acids is 1. The lowest BCUT2D eigenvalue weighted by atomic mass is 10.1. The van der Waals surface area contributed by atoms with E-state index in [-0.39, 0.29) is 0 Å². The molecule has 0 aromatic carbocycles. The van der Waals surface area contributed by atoms with E-state index in [4.69, 9.17) is 22.3 Å². The quantitative estimate of drug-likeness (QED) is 0.144. The molecular weight excluding hydrogens is 372 g/mol. The van der Waals surface area contributed by atoms with Gasteiger partial charge in [-0.1, -0.05) is 6.42 Å². The van der Waals surface area contributed by atoms with Crippen molar-refractivity contribution in [3.8, 4) is 0 Å². The molecule has 0 bridgehead atoms. The molecule has 1 aromatic rings. The van der Waals surface area contributed by atoms with E-state index in [0.717, 1.165) is 18.5 Å². The molecule has 0 unspecified atom stereocenters. The lowest BCUT2D eigenvalue weighted by Crippen LogP contribution is -2.43. The number of imidazole rings is 1. The summed E-state index contributed by atoms with van der Waals surface area (Å²) in [5.41, 5.74) is 17.0. The molecule has 28 heavy (non-hydrogen) atoms.